The average Bonchev–Trinajstić information content (AvgIpc) is 4.18. The number of esters is 1. The fraction of sp³-hybridized carbons (Fsp3) is 0.508. The Morgan fingerprint density at radius 3 is 1.72 bits per heavy atom. The molecule has 0 spiro atoms. The lowest BCUT2D eigenvalue weighted by Gasteiger charge is -2.22. The largest absolute Gasteiger partial charge is 0.497 e. The number of Topliss-reactive ketones (excluding diaryl/α,β-unsaturated/α-hetero) is 2. The van der Waals surface area contributed by atoms with E-state index in [1.807, 2.05) is 59.9 Å². The summed E-state index contributed by atoms with van der Waals surface area (Å²) in [6.07, 6.45) is 18.0. The van der Waals surface area contributed by atoms with Crippen molar-refractivity contribution < 1.29 is 33.7 Å². The molecular weight excluding hydrogens is 885 g/mol. The van der Waals surface area contributed by atoms with Crippen LogP contribution >= 0.6 is 22.7 Å². The number of ether oxygens (including phenoxy) is 3. The molecule has 0 bridgehead atoms. The van der Waals surface area contributed by atoms with E-state index in [9.17, 15) is 19.5 Å². The molecule has 2 aliphatic carbocycles. The number of carbonyl (C=O) groups excluding carboxylic acids is 3. The van der Waals surface area contributed by atoms with Gasteiger partial charge in [0.05, 0.1) is 33.0 Å². The molecule has 0 amide bonds. The second kappa shape index (κ2) is 27.7. The predicted molar refractivity (Wildman–Crippen MR) is 278 cm³/mol. The summed E-state index contributed by atoms with van der Waals surface area (Å²) in [5, 5.41) is 10.4. The van der Waals surface area contributed by atoms with Crippen LogP contribution in [0.25, 0.3) is 0 Å². The number of hydrogen-bond acceptors (Lipinski definition) is 9. The topological polar surface area (TPSA) is 99.1 Å². The molecule has 2 saturated carbocycles. The van der Waals surface area contributed by atoms with Gasteiger partial charge in [0.1, 0.15) is 22.2 Å². The van der Waals surface area contributed by atoms with Gasteiger partial charge < -0.3 is 19.3 Å². The Morgan fingerprint density at radius 1 is 0.647 bits per heavy atom. The maximum absolute atomic E-state index is 12.9. The molecule has 366 valence electrons. The molecule has 7 rings (SSSR count). The van der Waals surface area contributed by atoms with Gasteiger partial charge in [-0.25, -0.2) is 4.79 Å². The van der Waals surface area contributed by atoms with Crippen molar-refractivity contribution in [3.8, 4) is 5.75 Å². The molecule has 2 aliphatic rings. The Labute approximate surface area is 415 Å². The highest BCUT2D eigenvalue weighted by Crippen LogP contribution is 2.42. The summed E-state index contributed by atoms with van der Waals surface area (Å²) in [6, 6.07) is 33.2. The zero-order chi connectivity index (χ0) is 48.3. The molecule has 1 N–H and O–H groups in total. The number of hydrogen-bond donors (Lipinski definition) is 1. The van der Waals surface area contributed by atoms with E-state index in [2.05, 4.69) is 69.3 Å². The second-order valence-corrected chi connectivity index (χ2v) is 21.6. The average molecular weight is 961 g/mol. The van der Waals surface area contributed by atoms with E-state index >= 15 is 0 Å². The highest BCUT2D eigenvalue weighted by atomic mass is 32.1. The van der Waals surface area contributed by atoms with Crippen molar-refractivity contribution in [3.05, 3.63) is 144 Å². The van der Waals surface area contributed by atoms with Crippen molar-refractivity contribution >= 4 is 40.2 Å². The van der Waals surface area contributed by atoms with E-state index in [-0.39, 0.29) is 30.0 Å². The fourth-order valence-electron chi connectivity index (χ4n) is 10.2. The Balaban J connectivity index is 0.000000238. The van der Waals surface area contributed by atoms with E-state index in [1.165, 1.54) is 64.3 Å². The third-order valence-electron chi connectivity index (χ3n) is 14.1. The number of carbonyl (C=O) groups is 3. The quantitative estimate of drug-likeness (QED) is 0.0459. The maximum atomic E-state index is 12.9. The van der Waals surface area contributed by atoms with Crippen LogP contribution in [-0.2, 0) is 38.5 Å². The van der Waals surface area contributed by atoms with Crippen molar-refractivity contribution in [1.82, 2.24) is 0 Å². The van der Waals surface area contributed by atoms with Crippen molar-refractivity contribution in [2.75, 3.05) is 14.2 Å². The molecule has 2 heterocycles. The predicted octanol–water partition coefficient (Wildman–Crippen LogP) is 15.2. The molecule has 0 radical (unpaired) electrons. The van der Waals surface area contributed by atoms with Crippen molar-refractivity contribution in [3.63, 3.8) is 0 Å². The molecule has 2 aromatic heterocycles. The standard InChI is InChI=1S/C34H42O5S.C25H34O2S/c1-4-5-6-10-31(39-23-24-11-18-28(37-2)19-12-24)25-13-15-27(16-14-25)33-26(17-21-30(33)35)8-7-9-29-20-22-32(40-29)34(36)38-3;1-3-4-5-9-23(26)19-11-13-21(14-12-19)25-20(15-17-24(25)27)7-6-8-22-16-10-18(2)28-22/h11-16,18-20,22,26,31,33H,4-10,17,21,23H2,1-3H3;10-14,16,20,23,25-26H,3-9,15,17H2,1-2H3/t26-,31?,33-;20-,23?,25-/m00/s1. The molecule has 5 aromatic rings. The Bertz CT molecular complexity index is 2270. The number of ketones is 2. The minimum Gasteiger partial charge on any atom is -0.497 e. The van der Waals surface area contributed by atoms with Crippen LogP contribution in [0.15, 0.2) is 97.1 Å². The molecule has 3 aromatic carbocycles. The van der Waals surface area contributed by atoms with Crippen molar-refractivity contribution in [2.24, 2.45) is 11.8 Å². The number of aliphatic hydroxyl groups excluding tert-OH is 1. The monoisotopic (exact) mass is 961 g/mol. The van der Waals surface area contributed by atoms with Gasteiger partial charge in [-0.2, -0.15) is 0 Å². The van der Waals surface area contributed by atoms with Gasteiger partial charge in [0.2, 0.25) is 0 Å². The van der Waals surface area contributed by atoms with Crippen LogP contribution in [0.2, 0.25) is 0 Å². The van der Waals surface area contributed by atoms with Crippen LogP contribution in [-0.4, -0.2) is 36.9 Å². The van der Waals surface area contributed by atoms with E-state index in [1.54, 1.807) is 7.11 Å². The Morgan fingerprint density at radius 2 is 1.19 bits per heavy atom. The first kappa shape index (κ1) is 53.0. The van der Waals surface area contributed by atoms with Crippen LogP contribution < -0.4 is 4.74 Å². The number of unbranched alkanes of at least 4 members (excludes halogenated alkanes) is 4. The number of thiophene rings is 2. The van der Waals surface area contributed by atoms with Gasteiger partial charge in [0.15, 0.2) is 0 Å². The molecule has 0 aliphatic heterocycles. The first-order valence-corrected chi connectivity index (χ1v) is 27.1. The molecule has 2 unspecified atom stereocenters. The third-order valence-corrected chi connectivity index (χ3v) is 16.3. The number of benzene rings is 3. The highest BCUT2D eigenvalue weighted by Gasteiger charge is 2.36. The summed E-state index contributed by atoms with van der Waals surface area (Å²) < 4.78 is 16.5. The second-order valence-electron chi connectivity index (χ2n) is 19.0. The minimum atomic E-state index is -0.384. The van der Waals surface area contributed by atoms with E-state index in [0.717, 1.165) is 111 Å². The van der Waals surface area contributed by atoms with Crippen molar-refractivity contribution in [2.45, 2.75) is 167 Å². The van der Waals surface area contributed by atoms with E-state index < -0.39 is 0 Å². The van der Waals surface area contributed by atoms with Crippen LogP contribution in [0.5, 0.6) is 5.75 Å². The summed E-state index contributed by atoms with van der Waals surface area (Å²) >= 11 is 3.39. The SMILES string of the molecule is CCCCCC(O)c1ccc([C@H]2C(=O)CC[C@@H]2CCCc2ccc(C)s2)cc1.CCCCCC(OCc1ccc(OC)cc1)c1ccc([C@H]2C(=O)CC[C@@H]2CCCc2ccc(C(=O)OC)s2)cc1. The number of methoxy groups -OCH3 is 2. The molecule has 7 nitrogen and oxygen atoms in total. The van der Waals surface area contributed by atoms with Gasteiger partial charge in [0, 0.05) is 39.3 Å². The lowest BCUT2D eigenvalue weighted by atomic mass is 9.84. The highest BCUT2D eigenvalue weighted by molar-refractivity contribution is 7.14. The van der Waals surface area contributed by atoms with Gasteiger partial charge in [0.25, 0.3) is 0 Å². The van der Waals surface area contributed by atoms with Gasteiger partial charge in [-0.15, -0.1) is 22.7 Å². The molecule has 0 saturated heterocycles. The summed E-state index contributed by atoms with van der Waals surface area (Å²) in [6.45, 7) is 7.11. The molecule has 68 heavy (non-hydrogen) atoms. The van der Waals surface area contributed by atoms with E-state index in [0.29, 0.717) is 41.3 Å². The molecule has 9 heteroatoms. The third kappa shape index (κ3) is 15.5. The first-order valence-electron chi connectivity index (χ1n) is 25.5. The van der Waals surface area contributed by atoms with Crippen LogP contribution in [0.1, 0.15) is 193 Å². The maximum Gasteiger partial charge on any atom is 0.348 e. The van der Waals surface area contributed by atoms with Crippen LogP contribution in [0, 0.1) is 18.8 Å². The van der Waals surface area contributed by atoms with Crippen LogP contribution in [0.4, 0.5) is 0 Å². The minimum absolute atomic E-state index is 0.0261. The summed E-state index contributed by atoms with van der Waals surface area (Å²) in [5.74, 6) is 2.18. The zero-order valence-corrected chi connectivity index (χ0v) is 43.0. The zero-order valence-electron chi connectivity index (χ0n) is 41.3. The van der Waals surface area contributed by atoms with Crippen LogP contribution in [0.3, 0.4) is 0 Å². The van der Waals surface area contributed by atoms with Gasteiger partial charge in [-0.3, -0.25) is 9.59 Å². The smallest absolute Gasteiger partial charge is 0.348 e. The van der Waals surface area contributed by atoms with Crippen molar-refractivity contribution in [1.29, 1.82) is 0 Å². The van der Waals surface area contributed by atoms with Gasteiger partial charge in [-0.1, -0.05) is 113 Å². The normalized spacial score (nSPS) is 18.9. The molecule has 2 fully saturated rings. The van der Waals surface area contributed by atoms with Gasteiger partial charge >= 0.3 is 5.97 Å². The first-order chi connectivity index (χ1) is 33.1. The molecule has 6 atom stereocenters. The Kier molecular flexibility index (Phi) is 21.6. The number of aryl methyl sites for hydroxylation is 3. The summed E-state index contributed by atoms with van der Waals surface area (Å²) in [7, 11) is 3.09. The fourth-order valence-corrected chi connectivity index (χ4v) is 12.1. The summed E-state index contributed by atoms with van der Waals surface area (Å²) in [4.78, 5) is 41.9. The lowest BCUT2D eigenvalue weighted by Crippen LogP contribution is -2.13. The Hall–Kier alpha value is -4.41. The van der Waals surface area contributed by atoms with Gasteiger partial charge in [-0.05, 0) is 147 Å². The van der Waals surface area contributed by atoms with E-state index in [4.69, 9.17) is 14.2 Å². The lowest BCUT2D eigenvalue weighted by molar-refractivity contribution is -0.119. The number of rotatable bonds is 25. The molecular formula is C59H76O7S2. The summed E-state index contributed by atoms with van der Waals surface area (Å²) in [5.41, 5.74) is 5.55. The number of aliphatic hydroxyl groups is 1.